The van der Waals surface area contributed by atoms with Crippen molar-refractivity contribution >= 4 is 17.2 Å². The molecule has 0 spiro atoms. The number of aryl methyl sites for hydroxylation is 1. The summed E-state index contributed by atoms with van der Waals surface area (Å²) in [5.41, 5.74) is 4.84. The summed E-state index contributed by atoms with van der Waals surface area (Å²) >= 11 is 1.48. The van der Waals surface area contributed by atoms with Crippen molar-refractivity contribution in [3.8, 4) is 11.1 Å². The first-order valence-corrected chi connectivity index (χ1v) is 5.33. The van der Waals surface area contributed by atoms with Gasteiger partial charge in [0.25, 0.3) is 0 Å². The lowest BCUT2D eigenvalue weighted by atomic mass is 10.1. The van der Waals surface area contributed by atoms with E-state index in [0.29, 0.717) is 0 Å². The second-order valence-electron chi connectivity index (χ2n) is 3.19. The van der Waals surface area contributed by atoms with Gasteiger partial charge in [-0.25, -0.2) is 4.37 Å². The second kappa shape index (κ2) is 3.80. The summed E-state index contributed by atoms with van der Waals surface area (Å²) in [6.07, 6.45) is 1.90. The fourth-order valence-electron chi connectivity index (χ4n) is 1.42. The summed E-state index contributed by atoms with van der Waals surface area (Å²) in [4.78, 5) is 0. The maximum atomic E-state index is 4.10. The van der Waals surface area contributed by atoms with E-state index in [4.69, 9.17) is 0 Å². The Balaban J connectivity index is 2.46. The van der Waals surface area contributed by atoms with Crippen LogP contribution in [0, 0.1) is 6.92 Å². The van der Waals surface area contributed by atoms with Crippen LogP contribution in [0.15, 0.2) is 29.8 Å². The van der Waals surface area contributed by atoms with Crippen LogP contribution >= 0.6 is 11.5 Å². The SMILES string of the molecule is CNc1cc(-c2cnsc2)ccc1C. The maximum absolute atomic E-state index is 4.10. The van der Waals surface area contributed by atoms with Crippen molar-refractivity contribution in [2.45, 2.75) is 6.92 Å². The van der Waals surface area contributed by atoms with Crippen LogP contribution in [-0.4, -0.2) is 11.4 Å². The molecule has 0 saturated heterocycles. The molecule has 0 atom stereocenters. The predicted molar refractivity (Wildman–Crippen MR) is 61.8 cm³/mol. The van der Waals surface area contributed by atoms with Crippen LogP contribution in [0.3, 0.4) is 0 Å². The number of hydrogen-bond acceptors (Lipinski definition) is 3. The molecule has 2 rings (SSSR count). The third kappa shape index (κ3) is 1.63. The summed E-state index contributed by atoms with van der Waals surface area (Å²) in [7, 11) is 1.94. The topological polar surface area (TPSA) is 24.9 Å². The van der Waals surface area contributed by atoms with Crippen molar-refractivity contribution in [1.29, 1.82) is 0 Å². The molecule has 1 N–H and O–H groups in total. The number of aromatic nitrogens is 1. The van der Waals surface area contributed by atoms with Gasteiger partial charge >= 0.3 is 0 Å². The molecular formula is C11H12N2S. The van der Waals surface area contributed by atoms with Crippen LogP contribution in [0.5, 0.6) is 0 Å². The van der Waals surface area contributed by atoms with Crippen LogP contribution in [0.25, 0.3) is 11.1 Å². The third-order valence-electron chi connectivity index (χ3n) is 2.27. The molecule has 2 aromatic rings. The largest absolute Gasteiger partial charge is 0.388 e. The molecule has 1 aromatic heterocycles. The van der Waals surface area contributed by atoms with Gasteiger partial charge in [-0.2, -0.15) is 0 Å². The van der Waals surface area contributed by atoms with Crippen LogP contribution in [-0.2, 0) is 0 Å². The van der Waals surface area contributed by atoms with Gasteiger partial charge in [-0.3, -0.25) is 0 Å². The Kier molecular flexibility index (Phi) is 2.50. The van der Waals surface area contributed by atoms with Crippen molar-refractivity contribution in [2.24, 2.45) is 0 Å². The molecule has 0 fully saturated rings. The van der Waals surface area contributed by atoms with Crippen LogP contribution < -0.4 is 5.32 Å². The zero-order valence-corrected chi connectivity index (χ0v) is 9.06. The molecule has 0 radical (unpaired) electrons. The zero-order valence-electron chi connectivity index (χ0n) is 8.24. The van der Waals surface area contributed by atoms with E-state index in [1.807, 2.05) is 13.2 Å². The van der Waals surface area contributed by atoms with Gasteiger partial charge in [-0.1, -0.05) is 12.1 Å². The summed E-state index contributed by atoms with van der Waals surface area (Å²) in [5, 5.41) is 5.24. The third-order valence-corrected chi connectivity index (χ3v) is 2.86. The number of benzene rings is 1. The van der Waals surface area contributed by atoms with E-state index in [1.54, 1.807) is 0 Å². The Hall–Kier alpha value is -1.35. The van der Waals surface area contributed by atoms with E-state index in [9.17, 15) is 0 Å². The molecule has 1 aromatic carbocycles. The van der Waals surface area contributed by atoms with Crippen molar-refractivity contribution in [1.82, 2.24) is 4.37 Å². The second-order valence-corrected chi connectivity index (χ2v) is 3.85. The Bertz CT molecular complexity index is 421. The standard InChI is InChI=1S/C11H12N2S/c1-8-3-4-9(5-11(8)12-2)10-6-13-14-7-10/h3-7,12H,1-2H3. The molecule has 1 heterocycles. The van der Waals surface area contributed by atoms with Crippen molar-refractivity contribution in [3.63, 3.8) is 0 Å². The molecule has 0 amide bonds. The number of hydrogen-bond donors (Lipinski definition) is 1. The fourth-order valence-corrected chi connectivity index (χ4v) is 1.96. The minimum Gasteiger partial charge on any atom is -0.388 e. The molecule has 0 saturated carbocycles. The highest BCUT2D eigenvalue weighted by Crippen LogP contribution is 2.25. The molecule has 3 heteroatoms. The molecule has 0 unspecified atom stereocenters. The van der Waals surface area contributed by atoms with E-state index in [2.05, 4.69) is 40.2 Å². The summed E-state index contributed by atoms with van der Waals surface area (Å²) in [6.45, 7) is 2.10. The van der Waals surface area contributed by atoms with E-state index < -0.39 is 0 Å². The maximum Gasteiger partial charge on any atom is 0.0485 e. The monoisotopic (exact) mass is 204 g/mol. The minimum absolute atomic E-state index is 1.17. The Morgan fingerprint density at radius 3 is 2.79 bits per heavy atom. The smallest absolute Gasteiger partial charge is 0.0485 e. The Morgan fingerprint density at radius 1 is 1.29 bits per heavy atom. The molecule has 0 aliphatic rings. The average molecular weight is 204 g/mol. The lowest BCUT2D eigenvalue weighted by Crippen LogP contribution is -1.91. The molecule has 0 aliphatic carbocycles. The van der Waals surface area contributed by atoms with Gasteiger partial charge in [0, 0.05) is 29.9 Å². The highest BCUT2D eigenvalue weighted by atomic mass is 32.1. The fraction of sp³-hybridized carbons (Fsp3) is 0.182. The van der Waals surface area contributed by atoms with Gasteiger partial charge in [0.05, 0.1) is 0 Å². The van der Waals surface area contributed by atoms with E-state index >= 15 is 0 Å². The summed E-state index contributed by atoms with van der Waals surface area (Å²) in [6, 6.07) is 6.40. The van der Waals surface area contributed by atoms with Gasteiger partial charge in [0.2, 0.25) is 0 Å². The lowest BCUT2D eigenvalue weighted by Gasteiger charge is -2.06. The Labute approximate surface area is 87.8 Å². The first-order valence-electron chi connectivity index (χ1n) is 4.49. The molecule has 0 bridgehead atoms. The minimum atomic E-state index is 1.17. The number of nitrogens with zero attached hydrogens (tertiary/aromatic N) is 1. The van der Waals surface area contributed by atoms with E-state index in [-0.39, 0.29) is 0 Å². The van der Waals surface area contributed by atoms with Gasteiger partial charge in [0.15, 0.2) is 0 Å². The summed E-state index contributed by atoms with van der Waals surface area (Å²) < 4.78 is 4.10. The first-order chi connectivity index (χ1) is 6.81. The predicted octanol–water partition coefficient (Wildman–Crippen LogP) is 3.16. The van der Waals surface area contributed by atoms with Crippen LogP contribution in [0.2, 0.25) is 0 Å². The quantitative estimate of drug-likeness (QED) is 0.812. The zero-order chi connectivity index (χ0) is 9.97. The highest BCUT2D eigenvalue weighted by Gasteiger charge is 2.01. The Morgan fingerprint density at radius 2 is 2.14 bits per heavy atom. The molecule has 72 valence electrons. The highest BCUT2D eigenvalue weighted by molar-refractivity contribution is 7.03. The van der Waals surface area contributed by atoms with Crippen LogP contribution in [0.1, 0.15) is 5.56 Å². The van der Waals surface area contributed by atoms with Crippen LogP contribution in [0.4, 0.5) is 5.69 Å². The van der Waals surface area contributed by atoms with Crippen molar-refractivity contribution in [2.75, 3.05) is 12.4 Å². The van der Waals surface area contributed by atoms with Gasteiger partial charge in [0.1, 0.15) is 0 Å². The molecule has 2 nitrogen and oxygen atoms in total. The normalized spacial score (nSPS) is 10.1. The number of rotatable bonds is 2. The molecular weight excluding hydrogens is 192 g/mol. The van der Waals surface area contributed by atoms with E-state index in [1.165, 1.54) is 33.9 Å². The molecule has 0 aliphatic heterocycles. The summed E-state index contributed by atoms with van der Waals surface area (Å²) in [5.74, 6) is 0. The molecule has 14 heavy (non-hydrogen) atoms. The van der Waals surface area contributed by atoms with Gasteiger partial charge < -0.3 is 5.32 Å². The van der Waals surface area contributed by atoms with Gasteiger partial charge in [-0.05, 0) is 35.6 Å². The lowest BCUT2D eigenvalue weighted by molar-refractivity contribution is 1.40. The van der Waals surface area contributed by atoms with E-state index in [0.717, 1.165) is 0 Å². The number of anilines is 1. The average Bonchev–Trinajstić information content (AvgIpc) is 2.71. The van der Waals surface area contributed by atoms with Crippen molar-refractivity contribution < 1.29 is 0 Å². The number of nitrogens with one attached hydrogen (secondary N) is 1. The first kappa shape index (κ1) is 9.21. The van der Waals surface area contributed by atoms with Crippen molar-refractivity contribution in [3.05, 3.63) is 35.3 Å². The van der Waals surface area contributed by atoms with Gasteiger partial charge in [-0.15, -0.1) is 0 Å².